The molecular formula is C13H18ClN5O3S. The van der Waals surface area contributed by atoms with Crippen LogP contribution < -0.4 is 5.73 Å². The normalized spacial score (nSPS) is 21.7. The van der Waals surface area contributed by atoms with Gasteiger partial charge in [0.2, 0.25) is 0 Å². The van der Waals surface area contributed by atoms with Gasteiger partial charge in [-0.3, -0.25) is 0 Å². The summed E-state index contributed by atoms with van der Waals surface area (Å²) in [7, 11) is -3.03. The second-order valence-corrected chi connectivity index (χ2v) is 8.30. The first-order valence-corrected chi connectivity index (χ1v) is 9.59. The summed E-state index contributed by atoms with van der Waals surface area (Å²) in [6.07, 6.45) is 1.11. The highest BCUT2D eigenvalue weighted by atomic mass is 35.5. The average molecular weight is 360 g/mol. The van der Waals surface area contributed by atoms with Crippen LogP contribution in [0.3, 0.4) is 0 Å². The van der Waals surface area contributed by atoms with Gasteiger partial charge in [-0.2, -0.15) is 10.1 Å². The molecule has 23 heavy (non-hydrogen) atoms. The molecule has 0 spiro atoms. The maximum atomic E-state index is 11.7. The fourth-order valence-corrected chi connectivity index (χ4v) is 4.71. The summed E-state index contributed by atoms with van der Waals surface area (Å²) < 4.78 is 30.2. The highest BCUT2D eigenvalue weighted by Gasteiger charge is 2.33. The van der Waals surface area contributed by atoms with E-state index >= 15 is 0 Å². The van der Waals surface area contributed by atoms with Gasteiger partial charge in [0, 0.05) is 0 Å². The Labute approximate surface area is 138 Å². The Morgan fingerprint density at radius 1 is 1.52 bits per heavy atom. The summed E-state index contributed by atoms with van der Waals surface area (Å²) in [5, 5.41) is 8.63. The summed E-state index contributed by atoms with van der Waals surface area (Å²) in [6.45, 7) is 3.69. The minimum absolute atomic E-state index is 0.0475. The first-order chi connectivity index (χ1) is 10.8. The number of aryl methyl sites for hydroxylation is 1. The monoisotopic (exact) mass is 359 g/mol. The van der Waals surface area contributed by atoms with Crippen LogP contribution in [0.1, 0.15) is 43.9 Å². The molecule has 2 aromatic rings. The lowest BCUT2D eigenvalue weighted by molar-refractivity contribution is 0.418. The van der Waals surface area contributed by atoms with Crippen molar-refractivity contribution in [3.63, 3.8) is 0 Å². The van der Waals surface area contributed by atoms with Gasteiger partial charge in [-0.25, -0.2) is 13.1 Å². The number of halogens is 1. The van der Waals surface area contributed by atoms with Crippen LogP contribution in [0.25, 0.3) is 11.5 Å². The van der Waals surface area contributed by atoms with E-state index in [0.29, 0.717) is 35.1 Å². The van der Waals surface area contributed by atoms with Crippen molar-refractivity contribution in [2.75, 3.05) is 11.5 Å². The number of aromatic nitrogens is 4. The van der Waals surface area contributed by atoms with Crippen molar-refractivity contribution in [3.8, 4) is 11.5 Å². The van der Waals surface area contributed by atoms with Crippen LogP contribution in [0, 0.1) is 0 Å². The summed E-state index contributed by atoms with van der Waals surface area (Å²) in [6, 6.07) is -0.617. The molecule has 0 bridgehead atoms. The number of sulfone groups is 1. The molecule has 1 saturated heterocycles. The zero-order valence-electron chi connectivity index (χ0n) is 12.9. The second kappa shape index (κ2) is 5.88. The van der Waals surface area contributed by atoms with Gasteiger partial charge in [0.15, 0.2) is 15.7 Å². The van der Waals surface area contributed by atoms with E-state index in [2.05, 4.69) is 15.2 Å². The van der Waals surface area contributed by atoms with Crippen molar-refractivity contribution < 1.29 is 12.9 Å². The Morgan fingerprint density at radius 3 is 2.78 bits per heavy atom. The van der Waals surface area contributed by atoms with Crippen molar-refractivity contribution in [3.05, 3.63) is 16.7 Å². The molecule has 1 aliphatic heterocycles. The Morgan fingerprint density at radius 2 is 2.26 bits per heavy atom. The molecule has 1 aliphatic rings. The standard InChI is InChI=1S/C13H18ClN5O3S/c1-3-9-10(13-16-12(7(2)15)18-22-13)11(14)19(17-9)8-4-5-23(20,21)6-8/h7-8H,3-6,15H2,1-2H3. The third kappa shape index (κ3) is 3.00. The van der Waals surface area contributed by atoms with E-state index in [-0.39, 0.29) is 29.5 Å². The summed E-state index contributed by atoms with van der Waals surface area (Å²) in [5.41, 5.74) is 6.99. The molecule has 0 saturated carbocycles. The SMILES string of the molecule is CCc1nn(C2CCS(=O)(=O)C2)c(Cl)c1-c1nc(C(C)N)no1. The van der Waals surface area contributed by atoms with E-state index in [9.17, 15) is 8.42 Å². The first-order valence-electron chi connectivity index (χ1n) is 7.39. The van der Waals surface area contributed by atoms with Crippen LogP contribution in [0.2, 0.25) is 5.15 Å². The first kappa shape index (κ1) is 16.4. The van der Waals surface area contributed by atoms with E-state index in [1.54, 1.807) is 11.6 Å². The Kier molecular flexibility index (Phi) is 4.19. The Hall–Kier alpha value is -1.45. The number of hydrogen-bond acceptors (Lipinski definition) is 7. The third-order valence-electron chi connectivity index (χ3n) is 3.88. The maximum absolute atomic E-state index is 11.7. The second-order valence-electron chi connectivity index (χ2n) is 5.71. The van der Waals surface area contributed by atoms with Crippen LogP contribution in [-0.4, -0.2) is 39.8 Å². The molecule has 2 N–H and O–H groups in total. The van der Waals surface area contributed by atoms with E-state index < -0.39 is 9.84 Å². The predicted molar refractivity (Wildman–Crippen MR) is 84.8 cm³/mol. The number of rotatable bonds is 4. The van der Waals surface area contributed by atoms with Gasteiger partial charge >= 0.3 is 0 Å². The zero-order valence-corrected chi connectivity index (χ0v) is 14.4. The molecule has 0 aromatic carbocycles. The highest BCUT2D eigenvalue weighted by Crippen LogP contribution is 2.35. The van der Waals surface area contributed by atoms with Gasteiger partial charge in [0.1, 0.15) is 10.7 Å². The van der Waals surface area contributed by atoms with Gasteiger partial charge in [-0.15, -0.1) is 0 Å². The van der Waals surface area contributed by atoms with Crippen molar-refractivity contribution >= 4 is 21.4 Å². The zero-order chi connectivity index (χ0) is 16.8. The average Bonchev–Trinajstić information content (AvgIpc) is 3.15. The van der Waals surface area contributed by atoms with Crippen molar-refractivity contribution in [2.45, 2.75) is 38.8 Å². The minimum atomic E-state index is -3.03. The van der Waals surface area contributed by atoms with E-state index in [1.807, 2.05) is 6.92 Å². The number of nitrogens with zero attached hydrogens (tertiary/aromatic N) is 4. The fraction of sp³-hybridized carbons (Fsp3) is 0.615. The molecule has 126 valence electrons. The predicted octanol–water partition coefficient (Wildman–Crippen LogP) is 1.53. The molecule has 2 atom stereocenters. The lowest BCUT2D eigenvalue weighted by atomic mass is 10.2. The van der Waals surface area contributed by atoms with Crippen molar-refractivity contribution in [1.82, 2.24) is 19.9 Å². The summed E-state index contributed by atoms with van der Waals surface area (Å²) >= 11 is 6.45. The summed E-state index contributed by atoms with van der Waals surface area (Å²) in [4.78, 5) is 4.26. The van der Waals surface area contributed by atoms with Crippen LogP contribution >= 0.6 is 11.6 Å². The largest absolute Gasteiger partial charge is 0.334 e. The topological polar surface area (TPSA) is 117 Å². The highest BCUT2D eigenvalue weighted by molar-refractivity contribution is 7.91. The van der Waals surface area contributed by atoms with E-state index in [0.717, 1.165) is 0 Å². The van der Waals surface area contributed by atoms with Gasteiger partial charge < -0.3 is 10.3 Å². The fourth-order valence-electron chi connectivity index (χ4n) is 2.65. The molecule has 10 heteroatoms. The van der Waals surface area contributed by atoms with Crippen molar-refractivity contribution in [2.24, 2.45) is 5.73 Å². The van der Waals surface area contributed by atoms with Crippen LogP contribution in [0.15, 0.2) is 4.52 Å². The maximum Gasteiger partial charge on any atom is 0.263 e. The molecule has 0 amide bonds. The van der Waals surface area contributed by atoms with Crippen LogP contribution in [0.5, 0.6) is 0 Å². The Bertz CT molecular complexity index is 827. The molecule has 1 fully saturated rings. The van der Waals surface area contributed by atoms with E-state index in [1.165, 1.54) is 0 Å². The molecular weight excluding hydrogens is 342 g/mol. The number of nitrogens with two attached hydrogens (primary N) is 1. The molecule has 8 nitrogen and oxygen atoms in total. The molecule has 3 heterocycles. The van der Waals surface area contributed by atoms with Gasteiger partial charge in [-0.05, 0) is 19.8 Å². The number of hydrogen-bond donors (Lipinski definition) is 1. The Balaban J connectivity index is 2.03. The van der Waals surface area contributed by atoms with Gasteiger partial charge in [0.05, 0.1) is 29.3 Å². The molecule has 2 aromatic heterocycles. The van der Waals surface area contributed by atoms with Gasteiger partial charge in [-0.1, -0.05) is 23.7 Å². The van der Waals surface area contributed by atoms with Crippen LogP contribution in [0.4, 0.5) is 0 Å². The quantitative estimate of drug-likeness (QED) is 0.879. The molecule has 2 unspecified atom stereocenters. The lowest BCUT2D eigenvalue weighted by Crippen LogP contribution is -2.12. The van der Waals surface area contributed by atoms with Crippen molar-refractivity contribution in [1.29, 1.82) is 0 Å². The molecule has 3 rings (SSSR count). The molecule has 0 aliphatic carbocycles. The molecule has 0 radical (unpaired) electrons. The third-order valence-corrected chi connectivity index (χ3v) is 5.99. The lowest BCUT2D eigenvalue weighted by Gasteiger charge is -2.09. The van der Waals surface area contributed by atoms with Crippen LogP contribution in [-0.2, 0) is 16.3 Å². The minimum Gasteiger partial charge on any atom is -0.334 e. The smallest absolute Gasteiger partial charge is 0.263 e. The van der Waals surface area contributed by atoms with E-state index in [4.69, 9.17) is 21.9 Å². The summed E-state index contributed by atoms with van der Waals surface area (Å²) in [5.74, 6) is 0.840. The van der Waals surface area contributed by atoms with Gasteiger partial charge in [0.25, 0.3) is 5.89 Å².